The second-order valence-corrected chi connectivity index (χ2v) is 4.67. The van der Waals surface area contributed by atoms with E-state index in [2.05, 4.69) is 0 Å². The summed E-state index contributed by atoms with van der Waals surface area (Å²) in [5, 5.41) is 10.8. The molecule has 19 heavy (non-hydrogen) atoms. The average Bonchev–Trinajstić information content (AvgIpc) is 2.40. The fourth-order valence-electron chi connectivity index (χ4n) is 1.97. The molecule has 2 rings (SSSR count). The summed E-state index contributed by atoms with van der Waals surface area (Å²) in [6.07, 6.45) is -0.956. The van der Waals surface area contributed by atoms with Gasteiger partial charge in [-0.25, -0.2) is 4.39 Å². The number of methoxy groups -OCH3 is 1. The third-order valence-electron chi connectivity index (χ3n) is 3.00. The van der Waals surface area contributed by atoms with Gasteiger partial charge in [0.25, 0.3) is 0 Å². The Bertz CT molecular complexity index is 599. The Balaban J connectivity index is 2.49. The standard InChI is InChI=1S/C15H14ClFO2/c1-9-8-10(6-7-12(9)17)15(18)14-11(16)4-3-5-13(14)19-2/h3-8,15,18H,1-2H3. The first-order valence-electron chi connectivity index (χ1n) is 5.81. The van der Waals surface area contributed by atoms with Crippen molar-refractivity contribution < 1.29 is 14.2 Å². The highest BCUT2D eigenvalue weighted by molar-refractivity contribution is 6.31. The van der Waals surface area contributed by atoms with E-state index in [9.17, 15) is 9.50 Å². The van der Waals surface area contributed by atoms with Gasteiger partial charge in [0, 0.05) is 5.56 Å². The first-order valence-corrected chi connectivity index (χ1v) is 6.19. The van der Waals surface area contributed by atoms with E-state index in [1.165, 1.54) is 19.2 Å². The zero-order chi connectivity index (χ0) is 14.0. The second-order valence-electron chi connectivity index (χ2n) is 4.27. The lowest BCUT2D eigenvalue weighted by Crippen LogP contribution is -2.04. The topological polar surface area (TPSA) is 29.5 Å². The zero-order valence-corrected chi connectivity index (χ0v) is 11.4. The lowest BCUT2D eigenvalue weighted by atomic mass is 9.99. The molecule has 1 unspecified atom stereocenters. The Morgan fingerprint density at radius 2 is 2.00 bits per heavy atom. The largest absolute Gasteiger partial charge is 0.496 e. The van der Waals surface area contributed by atoms with Crippen LogP contribution in [0.25, 0.3) is 0 Å². The van der Waals surface area contributed by atoms with Gasteiger partial charge in [-0.3, -0.25) is 0 Å². The predicted molar refractivity (Wildman–Crippen MR) is 73.2 cm³/mol. The summed E-state index contributed by atoms with van der Waals surface area (Å²) >= 11 is 6.11. The van der Waals surface area contributed by atoms with Crippen LogP contribution in [0.3, 0.4) is 0 Å². The minimum absolute atomic E-state index is 0.304. The number of aliphatic hydroxyl groups is 1. The molecule has 0 fully saturated rings. The van der Waals surface area contributed by atoms with Crippen LogP contribution in [0.15, 0.2) is 36.4 Å². The second kappa shape index (κ2) is 5.59. The summed E-state index contributed by atoms with van der Waals surface area (Å²) in [5.74, 6) is 0.198. The summed E-state index contributed by atoms with van der Waals surface area (Å²) in [5.41, 5.74) is 1.53. The van der Waals surface area contributed by atoms with Gasteiger partial charge in [-0.1, -0.05) is 29.8 Å². The Hall–Kier alpha value is -1.58. The molecule has 0 radical (unpaired) electrons. The molecule has 2 aromatic rings. The van der Waals surface area contributed by atoms with Crippen LogP contribution in [-0.4, -0.2) is 12.2 Å². The highest BCUT2D eigenvalue weighted by Gasteiger charge is 2.19. The number of aryl methyl sites for hydroxylation is 1. The quantitative estimate of drug-likeness (QED) is 0.924. The normalized spacial score (nSPS) is 12.3. The van der Waals surface area contributed by atoms with Crippen LogP contribution in [0.2, 0.25) is 5.02 Å². The Morgan fingerprint density at radius 3 is 2.63 bits per heavy atom. The van der Waals surface area contributed by atoms with Gasteiger partial charge < -0.3 is 9.84 Å². The van der Waals surface area contributed by atoms with Crippen LogP contribution in [0.1, 0.15) is 22.8 Å². The fraction of sp³-hybridized carbons (Fsp3) is 0.200. The molecule has 1 atom stereocenters. The smallest absolute Gasteiger partial charge is 0.126 e. The Kier molecular flexibility index (Phi) is 4.08. The minimum Gasteiger partial charge on any atom is -0.496 e. The molecule has 1 N–H and O–H groups in total. The van der Waals surface area contributed by atoms with E-state index in [0.29, 0.717) is 27.5 Å². The number of hydrogen-bond donors (Lipinski definition) is 1. The third-order valence-corrected chi connectivity index (χ3v) is 3.33. The molecular formula is C15H14ClFO2. The van der Waals surface area contributed by atoms with Crippen molar-refractivity contribution in [3.63, 3.8) is 0 Å². The molecule has 0 aliphatic carbocycles. The number of aliphatic hydroxyl groups excluding tert-OH is 1. The predicted octanol–water partition coefficient (Wildman–Crippen LogP) is 3.88. The van der Waals surface area contributed by atoms with E-state index in [0.717, 1.165) is 0 Å². The monoisotopic (exact) mass is 280 g/mol. The van der Waals surface area contributed by atoms with Crippen molar-refractivity contribution in [2.45, 2.75) is 13.0 Å². The molecule has 0 aliphatic rings. The number of rotatable bonds is 3. The fourth-order valence-corrected chi connectivity index (χ4v) is 2.23. The maximum atomic E-state index is 13.3. The maximum absolute atomic E-state index is 13.3. The van der Waals surface area contributed by atoms with Crippen molar-refractivity contribution in [3.8, 4) is 5.75 Å². The van der Waals surface area contributed by atoms with Crippen LogP contribution in [0, 0.1) is 12.7 Å². The molecule has 2 nitrogen and oxygen atoms in total. The van der Waals surface area contributed by atoms with E-state index in [1.807, 2.05) is 0 Å². The van der Waals surface area contributed by atoms with Gasteiger partial charge in [-0.2, -0.15) is 0 Å². The number of benzene rings is 2. The van der Waals surface area contributed by atoms with Gasteiger partial charge in [0.05, 0.1) is 12.1 Å². The summed E-state index contributed by atoms with van der Waals surface area (Å²) < 4.78 is 18.5. The van der Waals surface area contributed by atoms with E-state index in [1.54, 1.807) is 31.2 Å². The molecule has 0 saturated carbocycles. The highest BCUT2D eigenvalue weighted by Crippen LogP contribution is 2.35. The lowest BCUT2D eigenvalue weighted by Gasteiger charge is -2.17. The van der Waals surface area contributed by atoms with E-state index < -0.39 is 6.10 Å². The molecule has 4 heteroatoms. The van der Waals surface area contributed by atoms with Crippen LogP contribution < -0.4 is 4.74 Å². The summed E-state index contributed by atoms with van der Waals surface area (Å²) in [4.78, 5) is 0. The van der Waals surface area contributed by atoms with Crippen LogP contribution in [0.4, 0.5) is 4.39 Å². The Morgan fingerprint density at radius 1 is 1.26 bits per heavy atom. The SMILES string of the molecule is COc1cccc(Cl)c1C(O)c1ccc(F)c(C)c1. The van der Waals surface area contributed by atoms with Crippen molar-refractivity contribution in [1.82, 2.24) is 0 Å². The molecule has 0 aliphatic heterocycles. The highest BCUT2D eigenvalue weighted by atomic mass is 35.5. The van der Waals surface area contributed by atoms with Crippen molar-refractivity contribution in [1.29, 1.82) is 0 Å². The molecule has 0 saturated heterocycles. The molecule has 0 amide bonds. The van der Waals surface area contributed by atoms with Gasteiger partial charge in [0.1, 0.15) is 17.7 Å². The number of halogens is 2. The summed E-state index contributed by atoms with van der Waals surface area (Å²) in [7, 11) is 1.51. The molecule has 0 aromatic heterocycles. The summed E-state index contributed by atoms with van der Waals surface area (Å²) in [6.45, 7) is 1.65. The molecular weight excluding hydrogens is 267 g/mol. The summed E-state index contributed by atoms with van der Waals surface area (Å²) in [6, 6.07) is 9.61. The van der Waals surface area contributed by atoms with E-state index in [4.69, 9.17) is 16.3 Å². The third kappa shape index (κ3) is 2.72. The van der Waals surface area contributed by atoms with Gasteiger partial charge in [0.15, 0.2) is 0 Å². The molecule has 0 spiro atoms. The lowest BCUT2D eigenvalue weighted by molar-refractivity contribution is 0.214. The number of hydrogen-bond acceptors (Lipinski definition) is 2. The van der Waals surface area contributed by atoms with Gasteiger partial charge in [0.2, 0.25) is 0 Å². The first kappa shape index (κ1) is 13.8. The van der Waals surface area contributed by atoms with E-state index >= 15 is 0 Å². The molecule has 2 aromatic carbocycles. The van der Waals surface area contributed by atoms with Crippen LogP contribution in [0.5, 0.6) is 5.75 Å². The first-order chi connectivity index (χ1) is 9.04. The average molecular weight is 281 g/mol. The van der Waals surface area contributed by atoms with Crippen molar-refractivity contribution in [2.75, 3.05) is 7.11 Å². The van der Waals surface area contributed by atoms with Crippen molar-refractivity contribution in [3.05, 3.63) is 63.9 Å². The van der Waals surface area contributed by atoms with Gasteiger partial charge >= 0.3 is 0 Å². The van der Waals surface area contributed by atoms with Crippen LogP contribution >= 0.6 is 11.6 Å². The molecule has 0 bridgehead atoms. The zero-order valence-electron chi connectivity index (χ0n) is 10.7. The van der Waals surface area contributed by atoms with Gasteiger partial charge in [-0.05, 0) is 36.2 Å². The molecule has 0 heterocycles. The number of ether oxygens (including phenoxy) is 1. The van der Waals surface area contributed by atoms with Crippen molar-refractivity contribution in [2.24, 2.45) is 0 Å². The van der Waals surface area contributed by atoms with Gasteiger partial charge in [-0.15, -0.1) is 0 Å². The van der Waals surface area contributed by atoms with E-state index in [-0.39, 0.29) is 5.82 Å². The van der Waals surface area contributed by atoms with Crippen LogP contribution in [-0.2, 0) is 0 Å². The maximum Gasteiger partial charge on any atom is 0.126 e. The molecule has 100 valence electrons. The van der Waals surface area contributed by atoms with Crippen molar-refractivity contribution >= 4 is 11.6 Å². The Labute approximate surface area is 116 Å². The minimum atomic E-state index is -0.956.